The Bertz CT molecular complexity index is 583. The Morgan fingerprint density at radius 1 is 1.39 bits per heavy atom. The first-order valence-electron chi connectivity index (χ1n) is 8.27. The van der Waals surface area contributed by atoms with E-state index in [0.717, 1.165) is 43.1 Å². The highest BCUT2D eigenvalue weighted by Crippen LogP contribution is 2.29. The molecule has 6 nitrogen and oxygen atoms in total. The first kappa shape index (κ1) is 16.4. The maximum atomic E-state index is 12.3. The van der Waals surface area contributed by atoms with Crippen LogP contribution in [-0.4, -0.2) is 45.0 Å². The Morgan fingerprint density at radius 3 is 2.91 bits per heavy atom. The van der Waals surface area contributed by atoms with Crippen molar-refractivity contribution in [2.45, 2.75) is 45.3 Å². The number of hydrogen-bond acceptors (Lipinski definition) is 4. The van der Waals surface area contributed by atoms with E-state index in [1.807, 2.05) is 21.9 Å². The molecule has 2 amide bonds. The predicted molar refractivity (Wildman–Crippen MR) is 89.8 cm³/mol. The molecule has 1 aliphatic carbocycles. The average Bonchev–Trinajstić information content (AvgIpc) is 2.91. The van der Waals surface area contributed by atoms with Gasteiger partial charge in [-0.05, 0) is 25.2 Å². The van der Waals surface area contributed by atoms with Crippen molar-refractivity contribution in [3.05, 3.63) is 17.5 Å². The highest BCUT2D eigenvalue weighted by atomic mass is 32.2. The van der Waals surface area contributed by atoms with Crippen LogP contribution < -0.4 is 5.32 Å². The van der Waals surface area contributed by atoms with Gasteiger partial charge in [-0.3, -0.25) is 14.3 Å². The van der Waals surface area contributed by atoms with Crippen molar-refractivity contribution in [3.8, 4) is 0 Å². The molecule has 2 aliphatic rings. The summed E-state index contributed by atoms with van der Waals surface area (Å²) in [5.41, 5.74) is 1.94. The van der Waals surface area contributed by atoms with Gasteiger partial charge in [0.2, 0.25) is 11.8 Å². The number of rotatable bonds is 6. The second-order valence-corrected chi connectivity index (χ2v) is 7.24. The molecular formula is C16H24N4O2S. The Hall–Kier alpha value is -1.50. The molecule has 0 radical (unpaired) electrons. The zero-order valence-corrected chi connectivity index (χ0v) is 14.4. The summed E-state index contributed by atoms with van der Waals surface area (Å²) in [5, 5.41) is 7.44. The summed E-state index contributed by atoms with van der Waals surface area (Å²) in [4.78, 5) is 26.0. The van der Waals surface area contributed by atoms with E-state index in [-0.39, 0.29) is 11.8 Å². The van der Waals surface area contributed by atoms with Crippen molar-refractivity contribution in [2.24, 2.45) is 5.92 Å². The lowest BCUT2D eigenvalue weighted by atomic mass is 9.84. The second-order valence-electron chi connectivity index (χ2n) is 6.26. The summed E-state index contributed by atoms with van der Waals surface area (Å²) in [7, 11) is 0. The first-order valence-corrected chi connectivity index (χ1v) is 9.67. The molecule has 7 heteroatoms. The summed E-state index contributed by atoms with van der Waals surface area (Å²) < 4.78 is 1.97. The number of thioether (sulfide) groups is 1. The van der Waals surface area contributed by atoms with Gasteiger partial charge in [0.05, 0.1) is 31.0 Å². The minimum Gasteiger partial charge on any atom is -0.350 e. The number of nitrogens with zero attached hydrogens (tertiary/aromatic N) is 3. The number of nitrogens with one attached hydrogen (secondary N) is 1. The third-order valence-electron chi connectivity index (χ3n) is 4.61. The standard InChI is InChI=1S/C16H24N4O2S/c1-23-8-5-15(21)17-10-13-9-14-11-19(6-7-20(14)18-13)16(22)12-3-2-4-12/h9,12H,2-8,10-11H2,1H3,(H,17,21). The number of hydrogen-bond donors (Lipinski definition) is 1. The van der Waals surface area contributed by atoms with Crippen LogP contribution in [0.25, 0.3) is 0 Å². The summed E-state index contributed by atoms with van der Waals surface area (Å²) in [6.07, 6.45) is 5.80. The molecule has 0 saturated heterocycles. The molecule has 0 atom stereocenters. The van der Waals surface area contributed by atoms with Crippen LogP contribution >= 0.6 is 11.8 Å². The average molecular weight is 336 g/mol. The fraction of sp³-hybridized carbons (Fsp3) is 0.688. The number of carbonyl (C=O) groups is 2. The van der Waals surface area contributed by atoms with Crippen molar-refractivity contribution >= 4 is 23.6 Å². The molecule has 1 fully saturated rings. The maximum absolute atomic E-state index is 12.3. The van der Waals surface area contributed by atoms with Crippen molar-refractivity contribution < 1.29 is 9.59 Å². The van der Waals surface area contributed by atoms with Gasteiger partial charge in [-0.1, -0.05) is 6.42 Å². The molecule has 126 valence electrons. The second kappa shape index (κ2) is 7.38. The van der Waals surface area contributed by atoms with E-state index >= 15 is 0 Å². The lowest BCUT2D eigenvalue weighted by molar-refractivity contribution is -0.139. The smallest absolute Gasteiger partial charge is 0.226 e. The fourth-order valence-corrected chi connectivity index (χ4v) is 3.38. The van der Waals surface area contributed by atoms with Gasteiger partial charge < -0.3 is 10.2 Å². The van der Waals surface area contributed by atoms with Crippen LogP contribution in [0.15, 0.2) is 6.07 Å². The molecule has 3 rings (SSSR count). The highest BCUT2D eigenvalue weighted by Gasteiger charge is 2.31. The van der Waals surface area contributed by atoms with E-state index in [4.69, 9.17) is 0 Å². The number of amides is 2. The Labute approximate surface area is 141 Å². The van der Waals surface area contributed by atoms with E-state index in [1.54, 1.807) is 11.8 Å². The quantitative estimate of drug-likeness (QED) is 0.852. The fourth-order valence-electron chi connectivity index (χ4n) is 2.99. The zero-order chi connectivity index (χ0) is 16.2. The van der Waals surface area contributed by atoms with Crippen molar-refractivity contribution in [1.82, 2.24) is 20.0 Å². The SMILES string of the molecule is CSCCC(=O)NCc1cc2n(n1)CCN(C(=O)C1CCC1)C2. The minimum atomic E-state index is 0.0621. The van der Waals surface area contributed by atoms with Crippen LogP contribution in [-0.2, 0) is 29.2 Å². The zero-order valence-electron chi connectivity index (χ0n) is 13.6. The maximum Gasteiger partial charge on any atom is 0.226 e. The molecule has 1 aliphatic heterocycles. The van der Waals surface area contributed by atoms with Gasteiger partial charge in [0.15, 0.2) is 0 Å². The van der Waals surface area contributed by atoms with Gasteiger partial charge in [0.1, 0.15) is 0 Å². The number of aromatic nitrogens is 2. The number of fused-ring (bicyclic) bond motifs is 1. The molecule has 0 unspecified atom stereocenters. The minimum absolute atomic E-state index is 0.0621. The Balaban J connectivity index is 1.53. The van der Waals surface area contributed by atoms with E-state index < -0.39 is 0 Å². The third kappa shape index (κ3) is 3.88. The molecule has 1 aromatic heterocycles. The van der Waals surface area contributed by atoms with Gasteiger partial charge in [-0.25, -0.2) is 0 Å². The predicted octanol–water partition coefficient (Wildman–Crippen LogP) is 1.39. The van der Waals surface area contributed by atoms with E-state index in [0.29, 0.717) is 25.4 Å². The van der Waals surface area contributed by atoms with Crippen molar-refractivity contribution in [1.29, 1.82) is 0 Å². The van der Waals surface area contributed by atoms with Crippen LogP contribution in [0, 0.1) is 5.92 Å². The van der Waals surface area contributed by atoms with Crippen LogP contribution in [0.1, 0.15) is 37.1 Å². The van der Waals surface area contributed by atoms with E-state index in [9.17, 15) is 9.59 Å². The first-order chi connectivity index (χ1) is 11.2. The lowest BCUT2D eigenvalue weighted by Crippen LogP contribution is -2.43. The molecule has 0 bridgehead atoms. The summed E-state index contributed by atoms with van der Waals surface area (Å²) in [6.45, 7) is 2.59. The van der Waals surface area contributed by atoms with Crippen LogP contribution in [0.2, 0.25) is 0 Å². The van der Waals surface area contributed by atoms with Gasteiger partial charge in [0.25, 0.3) is 0 Å². The normalized spacial score (nSPS) is 17.5. The summed E-state index contributed by atoms with van der Waals surface area (Å²) >= 11 is 1.67. The van der Waals surface area contributed by atoms with Gasteiger partial charge in [0, 0.05) is 24.6 Å². The Kier molecular flexibility index (Phi) is 5.25. The highest BCUT2D eigenvalue weighted by molar-refractivity contribution is 7.98. The largest absolute Gasteiger partial charge is 0.350 e. The molecule has 1 saturated carbocycles. The molecule has 2 heterocycles. The van der Waals surface area contributed by atoms with Gasteiger partial charge in [-0.15, -0.1) is 0 Å². The lowest BCUT2D eigenvalue weighted by Gasteiger charge is -2.34. The monoisotopic (exact) mass is 336 g/mol. The molecule has 0 spiro atoms. The van der Waals surface area contributed by atoms with Gasteiger partial charge in [-0.2, -0.15) is 16.9 Å². The molecule has 1 N–H and O–H groups in total. The third-order valence-corrected chi connectivity index (χ3v) is 5.23. The van der Waals surface area contributed by atoms with E-state index in [1.165, 1.54) is 6.42 Å². The topological polar surface area (TPSA) is 67.2 Å². The van der Waals surface area contributed by atoms with Crippen LogP contribution in [0.4, 0.5) is 0 Å². The molecule has 0 aromatic carbocycles. The van der Waals surface area contributed by atoms with Crippen molar-refractivity contribution in [3.63, 3.8) is 0 Å². The Morgan fingerprint density at radius 2 is 2.22 bits per heavy atom. The van der Waals surface area contributed by atoms with Gasteiger partial charge >= 0.3 is 0 Å². The summed E-state index contributed by atoms with van der Waals surface area (Å²) in [6, 6.07) is 2.01. The molecule has 1 aromatic rings. The van der Waals surface area contributed by atoms with Crippen molar-refractivity contribution in [2.75, 3.05) is 18.6 Å². The van der Waals surface area contributed by atoms with Crippen LogP contribution in [0.5, 0.6) is 0 Å². The summed E-state index contributed by atoms with van der Waals surface area (Å²) in [5.74, 6) is 1.45. The van der Waals surface area contributed by atoms with E-state index in [2.05, 4.69) is 10.4 Å². The molecular weight excluding hydrogens is 312 g/mol. The number of carbonyl (C=O) groups excluding carboxylic acids is 2. The molecule has 23 heavy (non-hydrogen) atoms. The van der Waals surface area contributed by atoms with Crippen LogP contribution in [0.3, 0.4) is 0 Å².